The van der Waals surface area contributed by atoms with E-state index in [0.717, 1.165) is 26.2 Å². The number of halogens is 2. The number of nitrogens with one attached hydrogen (secondary N) is 1. The van der Waals surface area contributed by atoms with Crippen molar-refractivity contribution in [3.63, 3.8) is 0 Å². The van der Waals surface area contributed by atoms with E-state index in [2.05, 4.69) is 64.5 Å². The molecule has 1 aliphatic rings. The van der Waals surface area contributed by atoms with E-state index < -0.39 is 0 Å². The van der Waals surface area contributed by atoms with Gasteiger partial charge >= 0.3 is 0 Å². The van der Waals surface area contributed by atoms with Crippen LogP contribution in [0.5, 0.6) is 0 Å². The maximum absolute atomic E-state index is 4.28. The number of benzene rings is 1. The van der Waals surface area contributed by atoms with Gasteiger partial charge in [-0.2, -0.15) is 0 Å². The number of aromatic nitrogens is 1. The molecule has 1 aromatic carbocycles. The van der Waals surface area contributed by atoms with Crippen LogP contribution in [0.4, 0.5) is 5.69 Å². The highest BCUT2D eigenvalue weighted by atomic mass is 35.5. The van der Waals surface area contributed by atoms with Crippen molar-refractivity contribution in [1.82, 2.24) is 15.2 Å². The molecule has 0 saturated carbocycles. The summed E-state index contributed by atoms with van der Waals surface area (Å²) in [5.41, 5.74) is 3.96. The van der Waals surface area contributed by atoms with Gasteiger partial charge in [0.15, 0.2) is 0 Å². The van der Waals surface area contributed by atoms with Gasteiger partial charge in [-0.3, -0.25) is 9.88 Å². The minimum atomic E-state index is 0. The van der Waals surface area contributed by atoms with E-state index in [4.69, 9.17) is 0 Å². The Morgan fingerprint density at radius 2 is 1.96 bits per heavy atom. The van der Waals surface area contributed by atoms with Crippen LogP contribution in [0.1, 0.15) is 17.2 Å². The molecule has 1 aromatic heterocycles. The molecule has 1 N–H and O–H groups in total. The summed E-state index contributed by atoms with van der Waals surface area (Å²) in [5, 5.41) is 3.51. The molecule has 1 saturated heterocycles. The first kappa shape index (κ1) is 20.7. The molecule has 2 heterocycles. The maximum Gasteiger partial charge on any atom is 0.0492 e. The molecule has 4 nitrogen and oxygen atoms in total. The Bertz CT molecular complexity index is 607. The second-order valence-corrected chi connectivity index (χ2v) is 6.00. The molecule has 0 spiro atoms. The molecule has 1 fully saturated rings. The third-order valence-electron chi connectivity index (χ3n) is 4.27. The zero-order valence-electron chi connectivity index (χ0n) is 14.2. The number of anilines is 1. The number of rotatable bonds is 4. The molecule has 0 amide bonds. The van der Waals surface area contributed by atoms with E-state index >= 15 is 0 Å². The second-order valence-electron chi connectivity index (χ2n) is 6.00. The smallest absolute Gasteiger partial charge is 0.0492 e. The van der Waals surface area contributed by atoms with Crippen LogP contribution in [0.2, 0.25) is 0 Å². The average Bonchev–Trinajstić information content (AvgIpc) is 2.56. The molecule has 0 bridgehead atoms. The quantitative estimate of drug-likeness (QED) is 0.897. The molecule has 132 valence electrons. The van der Waals surface area contributed by atoms with Crippen molar-refractivity contribution in [2.75, 3.05) is 38.6 Å². The topological polar surface area (TPSA) is 31.4 Å². The Kier molecular flexibility index (Phi) is 8.50. The van der Waals surface area contributed by atoms with Crippen LogP contribution in [0, 0.1) is 0 Å². The van der Waals surface area contributed by atoms with Crippen molar-refractivity contribution in [3.8, 4) is 0 Å². The molecule has 1 aliphatic heterocycles. The summed E-state index contributed by atoms with van der Waals surface area (Å²) in [6.07, 6.45) is 3.83. The van der Waals surface area contributed by atoms with E-state index in [-0.39, 0.29) is 24.8 Å². The van der Waals surface area contributed by atoms with Crippen LogP contribution in [0.15, 0.2) is 48.8 Å². The molecule has 0 radical (unpaired) electrons. The highest BCUT2D eigenvalue weighted by Crippen LogP contribution is 2.26. The molecular weight excluding hydrogens is 343 g/mol. The SMILES string of the molecule is CN(C)c1ccccc1CN1CCNCC1c1cccnc1.Cl.Cl. The van der Waals surface area contributed by atoms with Crippen molar-refractivity contribution in [1.29, 1.82) is 0 Å². The van der Waals surface area contributed by atoms with Crippen molar-refractivity contribution in [3.05, 3.63) is 59.9 Å². The van der Waals surface area contributed by atoms with Crippen LogP contribution >= 0.6 is 24.8 Å². The summed E-state index contributed by atoms with van der Waals surface area (Å²) >= 11 is 0. The fraction of sp³-hybridized carbons (Fsp3) is 0.389. The normalized spacial score (nSPS) is 17.5. The predicted molar refractivity (Wildman–Crippen MR) is 106 cm³/mol. The molecule has 6 heteroatoms. The first-order chi connectivity index (χ1) is 10.8. The molecule has 1 atom stereocenters. The monoisotopic (exact) mass is 368 g/mol. The Labute approximate surface area is 157 Å². The Morgan fingerprint density at radius 3 is 2.67 bits per heavy atom. The van der Waals surface area contributed by atoms with Gasteiger partial charge in [0.2, 0.25) is 0 Å². The van der Waals surface area contributed by atoms with Gasteiger partial charge < -0.3 is 10.2 Å². The number of hydrogen-bond donors (Lipinski definition) is 1. The largest absolute Gasteiger partial charge is 0.377 e. The summed E-state index contributed by atoms with van der Waals surface area (Å²) in [6, 6.07) is 13.2. The van der Waals surface area contributed by atoms with Gasteiger partial charge in [-0.25, -0.2) is 0 Å². The number of piperazine rings is 1. The average molecular weight is 369 g/mol. The lowest BCUT2D eigenvalue weighted by Crippen LogP contribution is -2.45. The van der Waals surface area contributed by atoms with Crippen molar-refractivity contribution >= 4 is 30.5 Å². The fourth-order valence-electron chi connectivity index (χ4n) is 3.14. The summed E-state index contributed by atoms with van der Waals surface area (Å²) in [7, 11) is 4.21. The minimum Gasteiger partial charge on any atom is -0.377 e. The van der Waals surface area contributed by atoms with Crippen LogP contribution < -0.4 is 10.2 Å². The minimum absolute atomic E-state index is 0. The highest BCUT2D eigenvalue weighted by Gasteiger charge is 2.24. The van der Waals surface area contributed by atoms with Crippen LogP contribution in [-0.2, 0) is 6.54 Å². The highest BCUT2D eigenvalue weighted by molar-refractivity contribution is 5.85. The van der Waals surface area contributed by atoms with Crippen LogP contribution in [0.3, 0.4) is 0 Å². The molecule has 3 rings (SSSR count). The Morgan fingerprint density at radius 1 is 1.17 bits per heavy atom. The van der Waals surface area contributed by atoms with Crippen molar-refractivity contribution in [2.45, 2.75) is 12.6 Å². The summed E-state index contributed by atoms with van der Waals surface area (Å²) in [5.74, 6) is 0. The first-order valence-corrected chi connectivity index (χ1v) is 7.85. The standard InChI is InChI=1S/C18H24N4.2ClH/c1-21(2)17-8-4-3-6-16(17)14-22-11-10-20-13-18(22)15-7-5-9-19-12-15;;/h3-9,12,18,20H,10-11,13-14H2,1-2H3;2*1H. The lowest BCUT2D eigenvalue weighted by atomic mass is 10.0. The van der Waals surface area contributed by atoms with Crippen molar-refractivity contribution in [2.24, 2.45) is 0 Å². The number of para-hydroxylation sites is 1. The van der Waals surface area contributed by atoms with Gasteiger partial charge in [-0.05, 0) is 23.3 Å². The lowest BCUT2D eigenvalue weighted by molar-refractivity contribution is 0.153. The van der Waals surface area contributed by atoms with Gasteiger partial charge in [-0.1, -0.05) is 24.3 Å². The van der Waals surface area contributed by atoms with E-state index in [9.17, 15) is 0 Å². The second kappa shape index (κ2) is 9.84. The van der Waals surface area contributed by atoms with Gasteiger partial charge in [0, 0.05) is 64.4 Å². The van der Waals surface area contributed by atoms with Gasteiger partial charge in [0.1, 0.15) is 0 Å². The molecule has 24 heavy (non-hydrogen) atoms. The van der Waals surface area contributed by atoms with Gasteiger partial charge in [0.05, 0.1) is 0 Å². The van der Waals surface area contributed by atoms with Crippen LogP contribution in [-0.4, -0.2) is 43.6 Å². The summed E-state index contributed by atoms with van der Waals surface area (Å²) in [4.78, 5) is 9.03. The zero-order valence-corrected chi connectivity index (χ0v) is 15.8. The Balaban J connectivity index is 0.00000144. The van der Waals surface area contributed by atoms with Crippen LogP contribution in [0.25, 0.3) is 0 Å². The lowest BCUT2D eigenvalue weighted by Gasteiger charge is -2.37. The van der Waals surface area contributed by atoms with E-state index in [1.54, 1.807) is 0 Å². The van der Waals surface area contributed by atoms with E-state index in [1.165, 1.54) is 16.8 Å². The summed E-state index contributed by atoms with van der Waals surface area (Å²) < 4.78 is 0. The maximum atomic E-state index is 4.28. The first-order valence-electron chi connectivity index (χ1n) is 7.85. The van der Waals surface area contributed by atoms with E-state index in [1.807, 2.05) is 18.5 Å². The molecular formula is C18H26Cl2N4. The summed E-state index contributed by atoms with van der Waals surface area (Å²) in [6.45, 7) is 4.05. The number of nitrogens with zero attached hydrogens (tertiary/aromatic N) is 3. The molecule has 2 aromatic rings. The predicted octanol–water partition coefficient (Wildman–Crippen LogP) is 3.14. The van der Waals surface area contributed by atoms with Gasteiger partial charge in [-0.15, -0.1) is 24.8 Å². The molecule has 0 aliphatic carbocycles. The van der Waals surface area contributed by atoms with Crippen molar-refractivity contribution < 1.29 is 0 Å². The third-order valence-corrected chi connectivity index (χ3v) is 4.27. The fourth-order valence-corrected chi connectivity index (χ4v) is 3.14. The number of hydrogen-bond acceptors (Lipinski definition) is 4. The van der Waals surface area contributed by atoms with E-state index in [0.29, 0.717) is 6.04 Å². The van der Waals surface area contributed by atoms with Gasteiger partial charge in [0.25, 0.3) is 0 Å². The Hall–Kier alpha value is -1.33. The molecule has 1 unspecified atom stereocenters. The zero-order chi connectivity index (χ0) is 15.4. The third kappa shape index (κ3) is 4.84. The number of pyridine rings is 1.